The van der Waals surface area contributed by atoms with Crippen LogP contribution in [-0.4, -0.2) is 24.7 Å². The minimum absolute atomic E-state index is 0.322. The Morgan fingerprint density at radius 1 is 1.14 bits per heavy atom. The van der Waals surface area contributed by atoms with Gasteiger partial charge in [-0.3, -0.25) is 0 Å². The molecule has 0 aliphatic rings. The van der Waals surface area contributed by atoms with Crippen molar-refractivity contribution in [2.45, 2.75) is 6.92 Å². The summed E-state index contributed by atoms with van der Waals surface area (Å²) >= 11 is 0. The van der Waals surface area contributed by atoms with E-state index in [4.69, 9.17) is 9.47 Å². The third-order valence-electron chi connectivity index (χ3n) is 3.54. The molecule has 1 N–H and O–H groups in total. The second-order valence-corrected chi connectivity index (χ2v) is 4.87. The number of aromatic amines is 1. The van der Waals surface area contributed by atoms with Crippen molar-refractivity contribution in [3.63, 3.8) is 0 Å². The highest BCUT2D eigenvalue weighted by molar-refractivity contribution is 6.10. The Morgan fingerprint density at radius 3 is 2.73 bits per heavy atom. The van der Waals surface area contributed by atoms with E-state index in [-0.39, 0.29) is 5.97 Å². The summed E-state index contributed by atoms with van der Waals surface area (Å²) in [4.78, 5) is 15.7. The van der Waals surface area contributed by atoms with Gasteiger partial charge in [0.05, 0.1) is 25.0 Å². The quantitative estimate of drug-likeness (QED) is 0.740. The van der Waals surface area contributed by atoms with Gasteiger partial charge in [-0.15, -0.1) is 0 Å². The smallest absolute Gasteiger partial charge is 0.340 e. The van der Waals surface area contributed by atoms with Crippen LogP contribution in [0.2, 0.25) is 0 Å². The van der Waals surface area contributed by atoms with Crippen LogP contribution < -0.4 is 4.74 Å². The molecule has 0 radical (unpaired) electrons. The van der Waals surface area contributed by atoms with Crippen LogP contribution in [0.3, 0.4) is 0 Å². The van der Waals surface area contributed by atoms with Gasteiger partial charge in [-0.2, -0.15) is 0 Å². The molecule has 0 saturated carbocycles. The lowest BCUT2D eigenvalue weighted by molar-refractivity contribution is 0.0529. The van der Waals surface area contributed by atoms with Crippen molar-refractivity contribution in [3.05, 3.63) is 54.1 Å². The van der Waals surface area contributed by atoms with Crippen LogP contribution in [-0.2, 0) is 4.74 Å². The first-order valence-corrected chi connectivity index (χ1v) is 7.17. The van der Waals surface area contributed by atoms with E-state index in [0.717, 1.165) is 27.9 Å². The molecule has 0 spiro atoms. The van der Waals surface area contributed by atoms with Crippen molar-refractivity contribution in [1.82, 2.24) is 4.98 Å². The predicted octanol–water partition coefficient (Wildman–Crippen LogP) is 4.02. The van der Waals surface area contributed by atoms with Crippen LogP contribution in [0.1, 0.15) is 17.3 Å². The van der Waals surface area contributed by atoms with Crippen LogP contribution >= 0.6 is 0 Å². The third-order valence-corrected chi connectivity index (χ3v) is 3.54. The fourth-order valence-electron chi connectivity index (χ4n) is 2.55. The van der Waals surface area contributed by atoms with Crippen molar-refractivity contribution < 1.29 is 14.3 Å². The number of hydrogen-bond acceptors (Lipinski definition) is 3. The maximum absolute atomic E-state index is 12.4. The molecule has 1 heterocycles. The highest BCUT2D eigenvalue weighted by Crippen LogP contribution is 2.32. The molecule has 0 saturated heterocycles. The Labute approximate surface area is 128 Å². The molecule has 1 aromatic heterocycles. The topological polar surface area (TPSA) is 51.3 Å². The second-order valence-electron chi connectivity index (χ2n) is 4.87. The molecule has 22 heavy (non-hydrogen) atoms. The molecule has 0 aliphatic heterocycles. The summed E-state index contributed by atoms with van der Waals surface area (Å²) in [6.07, 6.45) is 0. The lowest BCUT2D eigenvalue weighted by Gasteiger charge is -2.06. The first kappa shape index (κ1) is 14.2. The largest absolute Gasteiger partial charge is 0.497 e. The van der Waals surface area contributed by atoms with Gasteiger partial charge in [0.1, 0.15) is 5.75 Å². The van der Waals surface area contributed by atoms with Gasteiger partial charge in [0.2, 0.25) is 0 Å². The predicted molar refractivity (Wildman–Crippen MR) is 86.2 cm³/mol. The van der Waals surface area contributed by atoms with Crippen molar-refractivity contribution in [1.29, 1.82) is 0 Å². The van der Waals surface area contributed by atoms with Crippen molar-refractivity contribution >= 4 is 16.9 Å². The molecule has 0 unspecified atom stereocenters. The number of benzene rings is 2. The molecule has 0 bridgehead atoms. The summed E-state index contributed by atoms with van der Waals surface area (Å²) in [5.74, 6) is 0.420. The summed E-state index contributed by atoms with van der Waals surface area (Å²) < 4.78 is 10.5. The van der Waals surface area contributed by atoms with Gasteiger partial charge in [-0.05, 0) is 25.1 Å². The minimum atomic E-state index is -0.322. The molecular weight excluding hydrogens is 278 g/mol. The van der Waals surface area contributed by atoms with Crippen molar-refractivity contribution in [2.24, 2.45) is 0 Å². The summed E-state index contributed by atoms with van der Waals surface area (Å²) in [6, 6.07) is 15.3. The molecule has 0 amide bonds. The molecule has 2 aromatic carbocycles. The number of carbonyl (C=O) groups is 1. The zero-order valence-electron chi connectivity index (χ0n) is 12.6. The van der Waals surface area contributed by atoms with E-state index >= 15 is 0 Å². The Balaban J connectivity index is 2.23. The monoisotopic (exact) mass is 295 g/mol. The molecule has 0 aliphatic carbocycles. The van der Waals surface area contributed by atoms with Gasteiger partial charge in [-0.25, -0.2) is 4.79 Å². The molecule has 3 rings (SSSR count). The number of hydrogen-bond donors (Lipinski definition) is 1. The molecule has 3 aromatic rings. The summed E-state index contributed by atoms with van der Waals surface area (Å²) in [6.45, 7) is 2.15. The molecule has 112 valence electrons. The number of rotatable bonds is 4. The highest BCUT2D eigenvalue weighted by atomic mass is 16.5. The minimum Gasteiger partial charge on any atom is -0.497 e. The zero-order chi connectivity index (χ0) is 15.5. The fraction of sp³-hybridized carbons (Fsp3) is 0.167. The van der Waals surface area contributed by atoms with E-state index in [0.29, 0.717) is 12.2 Å². The van der Waals surface area contributed by atoms with Gasteiger partial charge in [-0.1, -0.05) is 30.3 Å². The Bertz CT molecular complexity index is 820. The van der Waals surface area contributed by atoms with E-state index in [9.17, 15) is 4.79 Å². The summed E-state index contributed by atoms with van der Waals surface area (Å²) in [7, 11) is 1.62. The number of esters is 1. The lowest BCUT2D eigenvalue weighted by Crippen LogP contribution is -2.05. The number of carbonyl (C=O) groups excluding carboxylic acids is 1. The maximum Gasteiger partial charge on any atom is 0.340 e. The van der Waals surface area contributed by atoms with E-state index in [1.807, 2.05) is 48.5 Å². The van der Waals surface area contributed by atoms with Crippen LogP contribution in [0.5, 0.6) is 5.75 Å². The van der Waals surface area contributed by atoms with Gasteiger partial charge < -0.3 is 14.5 Å². The average molecular weight is 295 g/mol. The second kappa shape index (κ2) is 5.93. The number of fused-ring (bicyclic) bond motifs is 1. The highest BCUT2D eigenvalue weighted by Gasteiger charge is 2.20. The number of ether oxygens (including phenoxy) is 2. The Kier molecular flexibility index (Phi) is 3.83. The SMILES string of the molecule is CCOC(=O)c1c(-c2cccc(OC)c2)[nH]c2ccccc12. The molecule has 4 heteroatoms. The lowest BCUT2D eigenvalue weighted by atomic mass is 10.1. The average Bonchev–Trinajstić information content (AvgIpc) is 2.94. The standard InChI is InChI=1S/C18H17NO3/c1-3-22-18(20)16-14-9-4-5-10-15(14)19-17(16)12-7-6-8-13(11-12)21-2/h4-11,19H,3H2,1-2H3. The normalized spacial score (nSPS) is 10.6. The fourth-order valence-corrected chi connectivity index (χ4v) is 2.55. The molecule has 0 fully saturated rings. The van der Waals surface area contributed by atoms with Gasteiger partial charge in [0.25, 0.3) is 0 Å². The van der Waals surface area contributed by atoms with Crippen LogP contribution in [0.25, 0.3) is 22.2 Å². The van der Waals surface area contributed by atoms with E-state index in [1.165, 1.54) is 0 Å². The third kappa shape index (κ3) is 2.44. The number of aromatic nitrogens is 1. The van der Waals surface area contributed by atoms with Crippen molar-refractivity contribution in [2.75, 3.05) is 13.7 Å². The van der Waals surface area contributed by atoms with Crippen LogP contribution in [0.15, 0.2) is 48.5 Å². The first-order chi connectivity index (χ1) is 10.7. The van der Waals surface area contributed by atoms with E-state index in [2.05, 4.69) is 4.98 Å². The number of H-pyrrole nitrogens is 1. The van der Waals surface area contributed by atoms with Gasteiger partial charge in [0.15, 0.2) is 0 Å². The maximum atomic E-state index is 12.4. The number of methoxy groups -OCH3 is 1. The number of para-hydroxylation sites is 1. The Morgan fingerprint density at radius 2 is 1.95 bits per heavy atom. The molecular formula is C18H17NO3. The van der Waals surface area contributed by atoms with E-state index in [1.54, 1.807) is 14.0 Å². The molecule has 0 atom stereocenters. The summed E-state index contributed by atoms with van der Waals surface area (Å²) in [5.41, 5.74) is 3.10. The first-order valence-electron chi connectivity index (χ1n) is 7.17. The van der Waals surface area contributed by atoms with Crippen LogP contribution in [0, 0.1) is 0 Å². The molecule has 4 nitrogen and oxygen atoms in total. The van der Waals surface area contributed by atoms with Gasteiger partial charge in [0, 0.05) is 16.5 Å². The van der Waals surface area contributed by atoms with E-state index < -0.39 is 0 Å². The number of nitrogens with one attached hydrogen (secondary N) is 1. The zero-order valence-corrected chi connectivity index (χ0v) is 12.6. The van der Waals surface area contributed by atoms with Gasteiger partial charge >= 0.3 is 5.97 Å². The summed E-state index contributed by atoms with van der Waals surface area (Å²) in [5, 5.41) is 0.860. The Hall–Kier alpha value is -2.75. The van der Waals surface area contributed by atoms with Crippen LogP contribution in [0.4, 0.5) is 0 Å². The van der Waals surface area contributed by atoms with Crippen molar-refractivity contribution in [3.8, 4) is 17.0 Å².